The number of ketones is 1. The van der Waals surface area contributed by atoms with Gasteiger partial charge in [-0.2, -0.15) is 0 Å². The van der Waals surface area contributed by atoms with E-state index >= 15 is 0 Å². The van der Waals surface area contributed by atoms with E-state index in [2.05, 4.69) is 15.9 Å². The molecule has 0 saturated carbocycles. The van der Waals surface area contributed by atoms with Crippen LogP contribution in [0.2, 0.25) is 4.34 Å². The average Bonchev–Trinajstić information content (AvgIpc) is 2.62. The van der Waals surface area contributed by atoms with Crippen LogP contribution in [0.5, 0.6) is 0 Å². The Hall–Kier alpha value is -0.640. The first kappa shape index (κ1) is 12.8. The van der Waals surface area contributed by atoms with Crippen LogP contribution in [0.15, 0.2) is 28.7 Å². The number of benzene rings is 1. The van der Waals surface area contributed by atoms with Gasteiger partial charge in [0.05, 0.1) is 9.21 Å². The number of hydrogen-bond acceptors (Lipinski definition) is 2. The van der Waals surface area contributed by atoms with E-state index in [0.29, 0.717) is 14.8 Å². The predicted molar refractivity (Wildman–Crippen MR) is 76.4 cm³/mol. The number of carbonyl (C=O) groups is 1. The van der Waals surface area contributed by atoms with Crippen LogP contribution in [0.4, 0.5) is 0 Å². The molecule has 0 bridgehead atoms. The molecule has 88 valence electrons. The Balaban J connectivity index is 2.47. The molecule has 1 nitrogen and oxygen atoms in total. The predicted octanol–water partition coefficient (Wildman–Crippen LogP) is 5.01. The van der Waals surface area contributed by atoms with Gasteiger partial charge in [0.25, 0.3) is 0 Å². The molecular weight excluding hydrogens is 320 g/mol. The van der Waals surface area contributed by atoms with Crippen molar-refractivity contribution in [2.45, 2.75) is 13.8 Å². The highest BCUT2D eigenvalue weighted by Gasteiger charge is 2.16. The van der Waals surface area contributed by atoms with Crippen LogP contribution in [-0.2, 0) is 0 Å². The first-order valence-corrected chi connectivity index (χ1v) is 7.05. The molecule has 1 aromatic carbocycles. The third-order valence-electron chi connectivity index (χ3n) is 2.52. The smallest absolute Gasteiger partial charge is 0.204 e. The minimum atomic E-state index is 0.0144. The van der Waals surface area contributed by atoms with E-state index in [1.165, 1.54) is 11.3 Å². The molecule has 0 spiro atoms. The van der Waals surface area contributed by atoms with Gasteiger partial charge in [-0.25, -0.2) is 0 Å². The second-order valence-corrected chi connectivity index (χ2v) is 6.28. The van der Waals surface area contributed by atoms with Crippen molar-refractivity contribution in [3.8, 4) is 0 Å². The van der Waals surface area contributed by atoms with E-state index in [9.17, 15) is 4.79 Å². The minimum Gasteiger partial charge on any atom is -0.288 e. The molecule has 2 rings (SSSR count). The van der Waals surface area contributed by atoms with E-state index in [-0.39, 0.29) is 5.78 Å². The van der Waals surface area contributed by atoms with E-state index in [1.807, 2.05) is 38.1 Å². The van der Waals surface area contributed by atoms with Crippen molar-refractivity contribution in [3.05, 3.63) is 54.6 Å². The van der Waals surface area contributed by atoms with Crippen molar-refractivity contribution in [2.75, 3.05) is 0 Å². The molecule has 1 heterocycles. The van der Waals surface area contributed by atoms with Crippen LogP contribution in [0.1, 0.15) is 26.4 Å². The van der Waals surface area contributed by atoms with Crippen molar-refractivity contribution in [2.24, 2.45) is 0 Å². The summed E-state index contributed by atoms with van der Waals surface area (Å²) in [6, 6.07) is 7.51. The van der Waals surface area contributed by atoms with Crippen LogP contribution in [-0.4, -0.2) is 5.78 Å². The largest absolute Gasteiger partial charge is 0.288 e. The van der Waals surface area contributed by atoms with Gasteiger partial charge in [-0.15, -0.1) is 11.3 Å². The molecule has 0 saturated heterocycles. The molecule has 0 fully saturated rings. The molecule has 2 aromatic rings. The molecule has 0 aliphatic carbocycles. The van der Waals surface area contributed by atoms with Crippen LogP contribution in [0.3, 0.4) is 0 Å². The maximum atomic E-state index is 12.3. The van der Waals surface area contributed by atoms with Crippen molar-refractivity contribution < 1.29 is 4.79 Å². The Morgan fingerprint density at radius 2 is 2.00 bits per heavy atom. The monoisotopic (exact) mass is 328 g/mol. The fraction of sp³-hybridized carbons (Fsp3) is 0.154. The maximum Gasteiger partial charge on any atom is 0.204 e. The summed E-state index contributed by atoms with van der Waals surface area (Å²) < 4.78 is 1.53. The highest BCUT2D eigenvalue weighted by Crippen LogP contribution is 2.31. The van der Waals surface area contributed by atoms with Crippen LogP contribution in [0, 0.1) is 13.8 Å². The first-order chi connectivity index (χ1) is 8.00. The summed E-state index contributed by atoms with van der Waals surface area (Å²) in [4.78, 5) is 13.0. The SMILES string of the molecule is Cc1cc(C(=O)c2cccc(C)c2Br)sc1Cl. The van der Waals surface area contributed by atoms with Gasteiger partial charge in [-0.1, -0.05) is 23.7 Å². The number of carbonyl (C=O) groups excluding carboxylic acids is 1. The molecule has 1 aromatic heterocycles. The van der Waals surface area contributed by atoms with E-state index in [0.717, 1.165) is 15.6 Å². The minimum absolute atomic E-state index is 0.0144. The van der Waals surface area contributed by atoms with Gasteiger partial charge < -0.3 is 0 Å². The molecule has 17 heavy (non-hydrogen) atoms. The summed E-state index contributed by atoms with van der Waals surface area (Å²) in [5, 5.41) is 0. The zero-order valence-electron chi connectivity index (χ0n) is 9.38. The van der Waals surface area contributed by atoms with E-state index < -0.39 is 0 Å². The van der Waals surface area contributed by atoms with E-state index in [4.69, 9.17) is 11.6 Å². The van der Waals surface area contributed by atoms with Gasteiger partial charge in [0.15, 0.2) is 0 Å². The van der Waals surface area contributed by atoms with Gasteiger partial charge in [-0.3, -0.25) is 4.79 Å². The standard InChI is InChI=1S/C13H10BrClOS/c1-7-4-3-5-9(11(7)14)12(16)10-6-8(2)13(15)17-10/h3-6H,1-2H3. The van der Waals surface area contributed by atoms with Gasteiger partial charge in [-0.05, 0) is 53.0 Å². The van der Waals surface area contributed by atoms with E-state index in [1.54, 1.807) is 0 Å². The highest BCUT2D eigenvalue weighted by molar-refractivity contribution is 9.10. The summed E-state index contributed by atoms with van der Waals surface area (Å²) >= 11 is 10.8. The number of rotatable bonds is 2. The molecule has 0 aliphatic heterocycles. The third kappa shape index (κ3) is 2.46. The lowest BCUT2D eigenvalue weighted by molar-refractivity contribution is 0.104. The maximum absolute atomic E-state index is 12.3. The lowest BCUT2D eigenvalue weighted by atomic mass is 10.1. The summed E-state index contributed by atoms with van der Waals surface area (Å²) in [6.07, 6.45) is 0. The number of hydrogen-bond donors (Lipinski definition) is 0. The van der Waals surface area contributed by atoms with Gasteiger partial charge in [0.1, 0.15) is 0 Å². The number of aryl methyl sites for hydroxylation is 2. The molecule has 0 radical (unpaired) electrons. The fourth-order valence-corrected chi connectivity index (χ4v) is 3.13. The molecule has 0 unspecified atom stereocenters. The average molecular weight is 330 g/mol. The Morgan fingerprint density at radius 3 is 2.59 bits per heavy atom. The number of thiophene rings is 1. The second-order valence-electron chi connectivity index (χ2n) is 3.83. The lowest BCUT2D eigenvalue weighted by Gasteiger charge is -2.04. The summed E-state index contributed by atoms with van der Waals surface area (Å²) in [6.45, 7) is 3.87. The normalized spacial score (nSPS) is 10.6. The Kier molecular flexibility index (Phi) is 3.71. The van der Waals surface area contributed by atoms with Crippen molar-refractivity contribution in [3.63, 3.8) is 0 Å². The van der Waals surface area contributed by atoms with Gasteiger partial charge in [0.2, 0.25) is 5.78 Å². The van der Waals surface area contributed by atoms with Crippen LogP contribution >= 0.6 is 38.9 Å². The van der Waals surface area contributed by atoms with Gasteiger partial charge in [0, 0.05) is 10.0 Å². The van der Waals surface area contributed by atoms with Crippen LogP contribution in [0.25, 0.3) is 0 Å². The molecule has 0 N–H and O–H groups in total. The fourth-order valence-electron chi connectivity index (χ4n) is 1.53. The summed E-state index contributed by atoms with van der Waals surface area (Å²) in [5.41, 5.74) is 2.68. The zero-order chi connectivity index (χ0) is 12.6. The molecule has 4 heteroatoms. The Morgan fingerprint density at radius 1 is 1.29 bits per heavy atom. The Labute approximate surface area is 118 Å². The van der Waals surface area contributed by atoms with Crippen molar-refractivity contribution >= 4 is 44.7 Å². The van der Waals surface area contributed by atoms with Gasteiger partial charge >= 0.3 is 0 Å². The zero-order valence-corrected chi connectivity index (χ0v) is 12.5. The summed E-state index contributed by atoms with van der Waals surface area (Å²) in [5.74, 6) is 0.0144. The molecular formula is C13H10BrClOS. The third-order valence-corrected chi connectivity index (χ3v) is 5.12. The Bertz CT molecular complexity index is 570. The topological polar surface area (TPSA) is 17.1 Å². The lowest BCUT2D eigenvalue weighted by Crippen LogP contribution is -2.00. The first-order valence-electron chi connectivity index (χ1n) is 5.06. The summed E-state index contributed by atoms with van der Waals surface area (Å²) in [7, 11) is 0. The molecule has 0 aliphatic rings. The quantitative estimate of drug-likeness (QED) is 0.708. The highest BCUT2D eigenvalue weighted by atomic mass is 79.9. The number of halogens is 2. The van der Waals surface area contributed by atoms with Crippen molar-refractivity contribution in [1.29, 1.82) is 0 Å². The van der Waals surface area contributed by atoms with Crippen LogP contribution < -0.4 is 0 Å². The second kappa shape index (κ2) is 4.92. The molecule has 0 amide bonds. The molecule has 0 atom stereocenters. The van der Waals surface area contributed by atoms with Crippen molar-refractivity contribution in [1.82, 2.24) is 0 Å².